The van der Waals surface area contributed by atoms with Gasteiger partial charge >= 0.3 is 12.0 Å². The lowest BCUT2D eigenvalue weighted by Gasteiger charge is -2.13. The van der Waals surface area contributed by atoms with Crippen LogP contribution in [0.25, 0.3) is 0 Å². The van der Waals surface area contributed by atoms with Crippen LogP contribution >= 0.6 is 11.8 Å². The van der Waals surface area contributed by atoms with E-state index >= 15 is 0 Å². The summed E-state index contributed by atoms with van der Waals surface area (Å²) in [5.74, 6) is -1.06. The third-order valence-corrected chi connectivity index (χ3v) is 4.05. The van der Waals surface area contributed by atoms with Crippen molar-refractivity contribution in [2.75, 3.05) is 12.3 Å². The van der Waals surface area contributed by atoms with Gasteiger partial charge in [0.2, 0.25) is 0 Å². The molecule has 0 aliphatic rings. The lowest BCUT2D eigenvalue weighted by atomic mass is 10.1. The van der Waals surface area contributed by atoms with E-state index in [1.54, 1.807) is 6.92 Å². The molecule has 0 fully saturated rings. The predicted molar refractivity (Wildman–Crippen MR) is 89.4 cm³/mol. The minimum atomic E-state index is -1.02. The van der Waals surface area contributed by atoms with Gasteiger partial charge in [-0.05, 0) is 51.0 Å². The van der Waals surface area contributed by atoms with Crippen LogP contribution in [0, 0.1) is 13.8 Å². The van der Waals surface area contributed by atoms with E-state index in [4.69, 9.17) is 4.74 Å². The quantitative estimate of drug-likeness (QED) is 0.613. The number of carbonyl (C=O) groups is 3. The summed E-state index contributed by atoms with van der Waals surface area (Å²) in [5.41, 5.74) is 2.34. The molecule has 0 aromatic heterocycles. The van der Waals surface area contributed by atoms with Crippen LogP contribution in [0.2, 0.25) is 0 Å². The molecule has 1 rings (SSSR count). The smallest absolute Gasteiger partial charge is 0.321 e. The lowest BCUT2D eigenvalue weighted by Crippen LogP contribution is -2.44. The van der Waals surface area contributed by atoms with Gasteiger partial charge in [0, 0.05) is 11.4 Å². The Morgan fingerprint density at radius 3 is 2.52 bits per heavy atom. The zero-order valence-corrected chi connectivity index (χ0v) is 14.6. The van der Waals surface area contributed by atoms with Crippen molar-refractivity contribution in [1.29, 1.82) is 0 Å². The SMILES string of the molecule is CCNC(=O)NC(=O)[C@H](C)OC(=O)CSc1ccc(C)c(C)c1. The van der Waals surface area contributed by atoms with Gasteiger partial charge in [-0.15, -0.1) is 11.8 Å². The van der Waals surface area contributed by atoms with Crippen molar-refractivity contribution in [3.63, 3.8) is 0 Å². The molecule has 0 saturated carbocycles. The molecule has 6 nitrogen and oxygen atoms in total. The largest absolute Gasteiger partial charge is 0.452 e. The topological polar surface area (TPSA) is 84.5 Å². The minimum absolute atomic E-state index is 0.0985. The van der Waals surface area contributed by atoms with E-state index in [0.29, 0.717) is 6.54 Å². The number of imide groups is 1. The van der Waals surface area contributed by atoms with Crippen LogP contribution in [0.4, 0.5) is 4.79 Å². The summed E-state index contributed by atoms with van der Waals surface area (Å²) in [5, 5.41) is 4.53. The maximum atomic E-state index is 11.8. The average Bonchev–Trinajstić information content (AvgIpc) is 2.48. The van der Waals surface area contributed by atoms with Gasteiger partial charge in [-0.2, -0.15) is 0 Å². The Kier molecular flexibility index (Phi) is 7.61. The van der Waals surface area contributed by atoms with Crippen LogP contribution in [0.5, 0.6) is 0 Å². The molecule has 2 N–H and O–H groups in total. The van der Waals surface area contributed by atoms with E-state index in [2.05, 4.69) is 10.6 Å². The molecule has 3 amide bonds. The van der Waals surface area contributed by atoms with Crippen LogP contribution in [0.1, 0.15) is 25.0 Å². The third-order valence-electron chi connectivity index (χ3n) is 3.09. The summed E-state index contributed by atoms with van der Waals surface area (Å²) in [4.78, 5) is 35.6. The first-order valence-corrected chi connectivity index (χ1v) is 8.30. The van der Waals surface area contributed by atoms with Gasteiger partial charge in [0.25, 0.3) is 5.91 Å². The third kappa shape index (κ3) is 6.73. The molecule has 0 aliphatic heterocycles. The van der Waals surface area contributed by atoms with E-state index in [9.17, 15) is 14.4 Å². The van der Waals surface area contributed by atoms with Crippen molar-refractivity contribution in [3.8, 4) is 0 Å². The number of urea groups is 1. The molecule has 0 spiro atoms. The van der Waals surface area contributed by atoms with Crippen LogP contribution < -0.4 is 10.6 Å². The molecule has 1 aromatic carbocycles. The number of ether oxygens (including phenoxy) is 1. The number of hydrogen-bond acceptors (Lipinski definition) is 5. The van der Waals surface area contributed by atoms with Gasteiger partial charge in [0.15, 0.2) is 6.10 Å². The Bertz CT molecular complexity index is 589. The Hall–Kier alpha value is -2.02. The highest BCUT2D eigenvalue weighted by Crippen LogP contribution is 2.21. The summed E-state index contributed by atoms with van der Waals surface area (Å²) in [6.45, 7) is 7.59. The fraction of sp³-hybridized carbons (Fsp3) is 0.438. The zero-order valence-electron chi connectivity index (χ0n) is 13.8. The molecule has 0 heterocycles. The minimum Gasteiger partial charge on any atom is -0.452 e. The second-order valence-electron chi connectivity index (χ2n) is 5.02. The molecular weight excluding hydrogens is 316 g/mol. The molecule has 7 heteroatoms. The Balaban J connectivity index is 2.41. The number of esters is 1. The van der Waals surface area contributed by atoms with Gasteiger partial charge in [-0.3, -0.25) is 14.9 Å². The predicted octanol–water partition coefficient (Wildman–Crippen LogP) is 2.17. The molecule has 1 atom stereocenters. The number of thioether (sulfide) groups is 1. The van der Waals surface area contributed by atoms with Crippen molar-refractivity contribution >= 4 is 29.7 Å². The second-order valence-corrected chi connectivity index (χ2v) is 6.06. The van der Waals surface area contributed by atoms with Crippen molar-refractivity contribution in [1.82, 2.24) is 10.6 Å². The highest BCUT2D eigenvalue weighted by molar-refractivity contribution is 8.00. The van der Waals surface area contributed by atoms with E-state index in [1.807, 2.05) is 32.0 Å². The lowest BCUT2D eigenvalue weighted by molar-refractivity contribution is -0.151. The maximum Gasteiger partial charge on any atom is 0.321 e. The summed E-state index contributed by atoms with van der Waals surface area (Å²) in [7, 11) is 0. The number of carbonyl (C=O) groups excluding carboxylic acids is 3. The van der Waals surface area contributed by atoms with E-state index < -0.39 is 24.0 Å². The molecule has 23 heavy (non-hydrogen) atoms. The summed E-state index contributed by atoms with van der Waals surface area (Å²) in [6, 6.07) is 5.32. The first-order chi connectivity index (χ1) is 10.8. The van der Waals surface area contributed by atoms with Gasteiger partial charge in [0.1, 0.15) is 0 Å². The highest BCUT2D eigenvalue weighted by atomic mass is 32.2. The van der Waals surface area contributed by atoms with Crippen LogP contribution in [0.15, 0.2) is 23.1 Å². The van der Waals surface area contributed by atoms with Crippen molar-refractivity contribution in [2.24, 2.45) is 0 Å². The van der Waals surface area contributed by atoms with Crippen molar-refractivity contribution in [3.05, 3.63) is 29.3 Å². The Morgan fingerprint density at radius 1 is 1.22 bits per heavy atom. The molecule has 126 valence electrons. The fourth-order valence-electron chi connectivity index (χ4n) is 1.65. The normalized spacial score (nSPS) is 11.5. The highest BCUT2D eigenvalue weighted by Gasteiger charge is 2.19. The van der Waals surface area contributed by atoms with Gasteiger partial charge in [-0.25, -0.2) is 4.79 Å². The van der Waals surface area contributed by atoms with E-state index in [1.165, 1.54) is 24.2 Å². The standard InChI is InChI=1S/C16H22N2O4S/c1-5-17-16(21)18-15(20)12(4)22-14(19)9-23-13-7-6-10(2)11(3)8-13/h6-8,12H,5,9H2,1-4H3,(H2,17,18,20,21)/t12-/m0/s1. The molecule has 0 bridgehead atoms. The van der Waals surface area contributed by atoms with Crippen LogP contribution in [0.3, 0.4) is 0 Å². The number of rotatable bonds is 6. The number of amides is 3. The number of hydrogen-bond donors (Lipinski definition) is 2. The van der Waals surface area contributed by atoms with Gasteiger partial charge in [0.05, 0.1) is 5.75 Å². The summed E-state index contributed by atoms with van der Waals surface area (Å²) in [6.07, 6.45) is -1.02. The van der Waals surface area contributed by atoms with Crippen molar-refractivity contribution in [2.45, 2.75) is 38.7 Å². The van der Waals surface area contributed by atoms with E-state index in [0.717, 1.165) is 10.5 Å². The second kappa shape index (κ2) is 9.19. The first-order valence-electron chi connectivity index (χ1n) is 7.31. The molecule has 0 unspecified atom stereocenters. The fourth-order valence-corrected chi connectivity index (χ4v) is 2.43. The molecule has 1 aromatic rings. The number of nitrogens with one attached hydrogen (secondary N) is 2. The molecular formula is C16H22N2O4S. The molecule has 0 aliphatic carbocycles. The Morgan fingerprint density at radius 2 is 1.91 bits per heavy atom. The molecule has 0 radical (unpaired) electrons. The van der Waals surface area contributed by atoms with Crippen LogP contribution in [-0.4, -0.2) is 36.3 Å². The Labute approximate surface area is 140 Å². The van der Waals surface area contributed by atoms with Gasteiger partial charge < -0.3 is 10.1 Å². The molecule has 0 saturated heterocycles. The monoisotopic (exact) mass is 338 g/mol. The van der Waals surface area contributed by atoms with Gasteiger partial charge in [-0.1, -0.05) is 6.07 Å². The summed E-state index contributed by atoms with van der Waals surface area (Å²) < 4.78 is 5.02. The number of aryl methyl sites for hydroxylation is 2. The van der Waals surface area contributed by atoms with Crippen LogP contribution in [-0.2, 0) is 14.3 Å². The summed E-state index contributed by atoms with van der Waals surface area (Å²) >= 11 is 1.34. The van der Waals surface area contributed by atoms with E-state index in [-0.39, 0.29) is 5.75 Å². The average molecular weight is 338 g/mol. The maximum absolute atomic E-state index is 11.8. The first kappa shape index (κ1) is 19.0. The zero-order chi connectivity index (χ0) is 17.4. The number of benzene rings is 1. The van der Waals surface area contributed by atoms with Crippen molar-refractivity contribution < 1.29 is 19.1 Å².